The van der Waals surface area contributed by atoms with Gasteiger partial charge in [-0.1, -0.05) is 18.2 Å². The fourth-order valence-corrected chi connectivity index (χ4v) is 1.02. The lowest BCUT2D eigenvalue weighted by Gasteiger charge is -2.02. The van der Waals surface area contributed by atoms with Crippen molar-refractivity contribution in [1.82, 2.24) is 20.2 Å². The van der Waals surface area contributed by atoms with E-state index in [4.69, 9.17) is 4.74 Å². The minimum atomic E-state index is -0.409. The molecule has 1 aromatic carbocycles. The summed E-state index contributed by atoms with van der Waals surface area (Å²) in [6.07, 6.45) is 1.27. The van der Waals surface area contributed by atoms with Crippen LogP contribution >= 0.6 is 0 Å². The van der Waals surface area contributed by atoms with Crippen LogP contribution in [0, 0.1) is 0 Å². The van der Waals surface area contributed by atoms with Crippen LogP contribution in [0.5, 0.6) is 0 Å². The number of hydrogen-bond acceptors (Lipinski definition) is 5. The number of esters is 1. The average molecular weight is 204 g/mol. The van der Waals surface area contributed by atoms with E-state index in [0.29, 0.717) is 5.56 Å². The van der Waals surface area contributed by atoms with Gasteiger partial charge in [0, 0.05) is 0 Å². The van der Waals surface area contributed by atoms with Gasteiger partial charge in [0.1, 0.15) is 0 Å². The maximum Gasteiger partial charge on any atom is 0.339 e. The maximum absolute atomic E-state index is 11.4. The van der Waals surface area contributed by atoms with E-state index in [2.05, 4.69) is 15.4 Å². The monoisotopic (exact) mass is 204 g/mol. The number of carbonyl (C=O) groups excluding carboxylic acids is 1. The largest absolute Gasteiger partial charge is 0.437 e. The van der Waals surface area contributed by atoms with Gasteiger partial charge < -0.3 is 4.74 Å². The summed E-state index contributed by atoms with van der Waals surface area (Å²) in [5.41, 5.74) is 0.498. The number of rotatable bonds is 3. The highest BCUT2D eigenvalue weighted by Crippen LogP contribution is 2.00. The third-order valence-corrected chi connectivity index (χ3v) is 1.71. The molecule has 2 rings (SSSR count). The molecule has 6 heteroatoms. The molecule has 0 radical (unpaired) electrons. The number of benzene rings is 1. The van der Waals surface area contributed by atoms with Crippen molar-refractivity contribution in [2.24, 2.45) is 0 Å². The number of ether oxygens (including phenoxy) is 1. The number of aromatic nitrogens is 4. The molecule has 2 aromatic rings. The summed E-state index contributed by atoms with van der Waals surface area (Å²) >= 11 is 0. The third kappa shape index (κ3) is 2.37. The van der Waals surface area contributed by atoms with Crippen molar-refractivity contribution in [3.05, 3.63) is 42.2 Å². The molecule has 15 heavy (non-hydrogen) atoms. The average Bonchev–Trinajstić information content (AvgIpc) is 2.80. The van der Waals surface area contributed by atoms with E-state index in [9.17, 15) is 4.79 Å². The summed E-state index contributed by atoms with van der Waals surface area (Å²) in [6, 6.07) is 8.72. The van der Waals surface area contributed by atoms with Gasteiger partial charge in [0.25, 0.3) is 0 Å². The molecule has 0 atom stereocenters. The lowest BCUT2D eigenvalue weighted by atomic mass is 10.2. The predicted octanol–water partition coefficient (Wildman–Crippen LogP) is 0.488. The zero-order valence-corrected chi connectivity index (χ0v) is 7.78. The number of tetrazole rings is 1. The molecule has 0 N–H and O–H groups in total. The topological polar surface area (TPSA) is 69.9 Å². The first-order chi connectivity index (χ1) is 7.36. The third-order valence-electron chi connectivity index (χ3n) is 1.71. The highest BCUT2D eigenvalue weighted by molar-refractivity contribution is 5.89. The molecule has 0 bridgehead atoms. The Balaban J connectivity index is 1.94. The summed E-state index contributed by atoms with van der Waals surface area (Å²) in [7, 11) is 0. The fraction of sp³-hybridized carbons (Fsp3) is 0.111. The molecule has 0 fully saturated rings. The van der Waals surface area contributed by atoms with Crippen LogP contribution in [0.2, 0.25) is 0 Å². The molecular weight excluding hydrogens is 196 g/mol. The Bertz CT molecular complexity index is 427. The Morgan fingerprint density at radius 1 is 1.33 bits per heavy atom. The van der Waals surface area contributed by atoms with Gasteiger partial charge in [-0.25, -0.2) is 4.79 Å². The van der Waals surface area contributed by atoms with Crippen LogP contribution in [-0.4, -0.2) is 26.2 Å². The molecule has 0 unspecified atom stereocenters. The van der Waals surface area contributed by atoms with Crippen molar-refractivity contribution >= 4 is 5.97 Å². The Morgan fingerprint density at radius 3 is 2.80 bits per heavy atom. The Morgan fingerprint density at radius 2 is 2.13 bits per heavy atom. The fourth-order valence-electron chi connectivity index (χ4n) is 1.02. The standard InChI is InChI=1S/C9H8N4O2/c14-9(8-4-2-1-3-5-8)15-7-13-11-6-10-12-13/h1-6H,7H2. The van der Waals surface area contributed by atoms with Gasteiger partial charge in [0.15, 0.2) is 6.33 Å². The van der Waals surface area contributed by atoms with Crippen LogP contribution in [0.3, 0.4) is 0 Å². The normalized spacial score (nSPS) is 9.87. The second-order valence-corrected chi connectivity index (χ2v) is 2.74. The quantitative estimate of drug-likeness (QED) is 0.680. The van der Waals surface area contributed by atoms with Gasteiger partial charge >= 0.3 is 5.97 Å². The van der Waals surface area contributed by atoms with E-state index in [1.54, 1.807) is 24.3 Å². The molecule has 0 aliphatic heterocycles. The first kappa shape index (κ1) is 9.32. The summed E-state index contributed by atoms with van der Waals surface area (Å²) in [5, 5.41) is 10.7. The SMILES string of the molecule is O=C(OCn1ncnn1)c1ccccc1. The van der Waals surface area contributed by atoms with Gasteiger partial charge in [-0.05, 0) is 17.3 Å². The Kier molecular flexibility index (Phi) is 2.68. The molecule has 1 aromatic heterocycles. The van der Waals surface area contributed by atoms with Gasteiger partial charge in [-0.3, -0.25) is 0 Å². The van der Waals surface area contributed by atoms with Gasteiger partial charge in [0.05, 0.1) is 5.56 Å². The van der Waals surface area contributed by atoms with Crippen molar-refractivity contribution in [2.45, 2.75) is 6.73 Å². The summed E-state index contributed by atoms with van der Waals surface area (Å²) in [6.45, 7) is -0.0340. The van der Waals surface area contributed by atoms with Crippen LogP contribution < -0.4 is 0 Å². The molecule has 1 heterocycles. The van der Waals surface area contributed by atoms with Crippen molar-refractivity contribution in [1.29, 1.82) is 0 Å². The first-order valence-corrected chi connectivity index (χ1v) is 4.29. The molecule has 0 amide bonds. The van der Waals surface area contributed by atoms with Crippen molar-refractivity contribution in [3.63, 3.8) is 0 Å². The summed E-state index contributed by atoms with van der Waals surface area (Å²) in [5.74, 6) is -0.409. The molecule has 6 nitrogen and oxygen atoms in total. The zero-order valence-electron chi connectivity index (χ0n) is 7.78. The molecular formula is C9H8N4O2. The molecule has 0 spiro atoms. The highest BCUT2D eigenvalue weighted by Gasteiger charge is 2.05. The lowest BCUT2D eigenvalue weighted by Crippen LogP contribution is -2.11. The Hall–Kier alpha value is -2.24. The van der Waals surface area contributed by atoms with Crippen LogP contribution in [0.25, 0.3) is 0 Å². The number of nitrogens with zero attached hydrogens (tertiary/aromatic N) is 4. The molecule has 0 aliphatic carbocycles. The molecule has 0 aliphatic rings. The van der Waals surface area contributed by atoms with Gasteiger partial charge in [0.2, 0.25) is 6.73 Å². The van der Waals surface area contributed by atoms with E-state index in [-0.39, 0.29) is 6.73 Å². The van der Waals surface area contributed by atoms with Crippen LogP contribution in [0.15, 0.2) is 36.7 Å². The zero-order chi connectivity index (χ0) is 10.5. The molecule has 76 valence electrons. The smallest absolute Gasteiger partial charge is 0.339 e. The van der Waals surface area contributed by atoms with Crippen molar-refractivity contribution < 1.29 is 9.53 Å². The van der Waals surface area contributed by atoms with E-state index in [1.807, 2.05) is 6.07 Å². The summed E-state index contributed by atoms with van der Waals surface area (Å²) in [4.78, 5) is 12.6. The van der Waals surface area contributed by atoms with Crippen molar-refractivity contribution in [3.8, 4) is 0 Å². The van der Waals surface area contributed by atoms with E-state index < -0.39 is 5.97 Å². The minimum absolute atomic E-state index is 0.0340. The first-order valence-electron chi connectivity index (χ1n) is 4.29. The van der Waals surface area contributed by atoms with Gasteiger partial charge in [-0.15, -0.1) is 15.0 Å². The van der Waals surface area contributed by atoms with Crippen LogP contribution in [0.4, 0.5) is 0 Å². The maximum atomic E-state index is 11.4. The van der Waals surface area contributed by atoms with E-state index in [1.165, 1.54) is 11.1 Å². The van der Waals surface area contributed by atoms with Crippen LogP contribution in [0.1, 0.15) is 10.4 Å². The summed E-state index contributed by atoms with van der Waals surface area (Å²) < 4.78 is 4.93. The second-order valence-electron chi connectivity index (χ2n) is 2.74. The molecule has 0 saturated heterocycles. The number of hydrogen-bond donors (Lipinski definition) is 0. The minimum Gasteiger partial charge on any atom is -0.437 e. The van der Waals surface area contributed by atoms with Crippen LogP contribution in [-0.2, 0) is 11.5 Å². The predicted molar refractivity (Wildman–Crippen MR) is 49.7 cm³/mol. The lowest BCUT2D eigenvalue weighted by molar-refractivity contribution is 0.0318. The van der Waals surface area contributed by atoms with Crippen molar-refractivity contribution in [2.75, 3.05) is 0 Å². The van der Waals surface area contributed by atoms with E-state index in [0.717, 1.165) is 0 Å². The second kappa shape index (κ2) is 4.32. The number of carbonyl (C=O) groups is 1. The highest BCUT2D eigenvalue weighted by atomic mass is 16.5. The van der Waals surface area contributed by atoms with E-state index >= 15 is 0 Å². The molecule has 0 saturated carbocycles. The van der Waals surface area contributed by atoms with Gasteiger partial charge in [-0.2, -0.15) is 0 Å². The Labute approximate surface area is 85.5 Å².